The van der Waals surface area contributed by atoms with Gasteiger partial charge < -0.3 is 10.2 Å². The van der Waals surface area contributed by atoms with Crippen LogP contribution in [0.25, 0.3) is 87.6 Å². The number of hydrogen-bond donors (Lipinski definition) is 2. The van der Waals surface area contributed by atoms with Gasteiger partial charge >= 0.3 is 0 Å². The van der Waals surface area contributed by atoms with E-state index < -0.39 is 0 Å². The van der Waals surface area contributed by atoms with E-state index >= 15 is 0 Å². The van der Waals surface area contributed by atoms with Crippen LogP contribution >= 0.6 is 46.4 Å². The Labute approximate surface area is 414 Å². The lowest BCUT2D eigenvalue weighted by molar-refractivity contribution is 0.390. The quantitative estimate of drug-likeness (QED) is 0.149. The summed E-state index contributed by atoms with van der Waals surface area (Å²) in [5, 5.41) is 35.0. The molecule has 1 aliphatic carbocycles. The number of fused-ring (bicyclic) bond motifs is 4. The van der Waals surface area contributed by atoms with Crippen molar-refractivity contribution in [2.75, 3.05) is 0 Å². The molecular formula is C60H42Cl4N2O2. The van der Waals surface area contributed by atoms with Gasteiger partial charge in [0, 0.05) is 65.9 Å². The maximum Gasteiger partial charge on any atom is 0.132 e. The highest BCUT2D eigenvalue weighted by atomic mass is 35.5. The molecule has 0 bridgehead atoms. The summed E-state index contributed by atoms with van der Waals surface area (Å²) in [5.41, 5.74) is 7.90. The minimum absolute atomic E-state index is 0.135. The molecule has 1 aliphatic rings. The number of rotatable bonds is 8. The molecule has 10 aromatic rings. The van der Waals surface area contributed by atoms with E-state index in [1.807, 2.05) is 97.4 Å². The van der Waals surface area contributed by atoms with E-state index in [0.717, 1.165) is 102 Å². The molecule has 10 aromatic carbocycles. The van der Waals surface area contributed by atoms with E-state index in [-0.39, 0.29) is 23.6 Å². The molecule has 2 N–H and O–H groups in total. The molecule has 11 rings (SSSR count). The highest BCUT2D eigenvalue weighted by Crippen LogP contribution is 2.49. The largest absolute Gasteiger partial charge is 0.507 e. The fraction of sp³-hybridized carbons (Fsp3) is 0.100. The van der Waals surface area contributed by atoms with Crippen LogP contribution in [0.1, 0.15) is 36.8 Å². The van der Waals surface area contributed by atoms with Gasteiger partial charge in [0.2, 0.25) is 0 Å². The van der Waals surface area contributed by atoms with Gasteiger partial charge in [-0.15, -0.1) is 0 Å². The topological polar surface area (TPSA) is 65.2 Å². The molecular weight excluding hydrogens is 922 g/mol. The summed E-state index contributed by atoms with van der Waals surface area (Å²) in [4.78, 5) is 10.5. The van der Waals surface area contributed by atoms with Crippen LogP contribution in [0.3, 0.4) is 0 Å². The van der Waals surface area contributed by atoms with E-state index in [9.17, 15) is 10.2 Å². The van der Waals surface area contributed by atoms with Gasteiger partial charge in [-0.25, -0.2) is 0 Å². The Morgan fingerprint density at radius 3 is 1.10 bits per heavy atom. The lowest BCUT2D eigenvalue weighted by atomic mass is 9.86. The molecule has 0 unspecified atom stereocenters. The van der Waals surface area contributed by atoms with Crippen molar-refractivity contribution in [3.63, 3.8) is 0 Å². The number of nitrogens with zero attached hydrogens (tertiary/aromatic N) is 2. The predicted molar refractivity (Wildman–Crippen MR) is 289 cm³/mol. The average molecular weight is 965 g/mol. The summed E-state index contributed by atoms with van der Waals surface area (Å²) in [5.74, 6) is 0.269. The monoisotopic (exact) mass is 962 g/mol. The minimum Gasteiger partial charge on any atom is -0.507 e. The van der Waals surface area contributed by atoms with Crippen LogP contribution in [-0.4, -0.2) is 34.7 Å². The average Bonchev–Trinajstić information content (AvgIpc) is 3.34. The molecule has 0 radical (unpaired) electrons. The summed E-state index contributed by atoms with van der Waals surface area (Å²) < 4.78 is 0. The van der Waals surface area contributed by atoms with Gasteiger partial charge in [-0.2, -0.15) is 0 Å². The molecule has 0 aliphatic heterocycles. The summed E-state index contributed by atoms with van der Waals surface area (Å²) in [6.45, 7) is 0. The van der Waals surface area contributed by atoms with Crippen molar-refractivity contribution in [1.82, 2.24) is 0 Å². The maximum atomic E-state index is 12.5. The fourth-order valence-corrected chi connectivity index (χ4v) is 11.2. The third-order valence-electron chi connectivity index (χ3n) is 13.3. The second-order valence-corrected chi connectivity index (χ2v) is 19.3. The third kappa shape index (κ3) is 8.26. The van der Waals surface area contributed by atoms with Crippen LogP contribution in [0.5, 0.6) is 11.5 Å². The van der Waals surface area contributed by atoms with Crippen LogP contribution in [0.4, 0.5) is 0 Å². The highest BCUT2D eigenvalue weighted by molar-refractivity contribution is 6.36. The number of benzene rings is 10. The van der Waals surface area contributed by atoms with Crippen molar-refractivity contribution in [3.05, 3.63) is 201 Å². The van der Waals surface area contributed by atoms with Crippen LogP contribution in [-0.2, 0) is 0 Å². The van der Waals surface area contributed by atoms with E-state index in [2.05, 4.69) is 72.8 Å². The van der Waals surface area contributed by atoms with Crippen molar-refractivity contribution in [2.45, 2.75) is 37.8 Å². The van der Waals surface area contributed by atoms with Gasteiger partial charge in [-0.05, 0) is 127 Å². The van der Waals surface area contributed by atoms with E-state index in [1.54, 1.807) is 12.1 Å². The number of phenolic OH excluding ortho intramolecular Hbond substituents is 2. The normalized spacial score (nSPS) is 15.4. The molecule has 4 nitrogen and oxygen atoms in total. The lowest BCUT2D eigenvalue weighted by Crippen LogP contribution is -2.27. The first-order valence-corrected chi connectivity index (χ1v) is 24.2. The standard InChI is InChI=1S/C60H42Cl4N2O2/c61-43-27-39(28-44(62)31-43)51-23-21-35-11-1-5-15-47(35)55(51)57-49-17-7-3-13-37(49)25-41(59(57)67)33-65-53-19-9-10-20-54(53)66-34-42-26-38-14-4-8-18-50(38)58(60(42)68)56-48-16-6-2-12-36(48)22-24-52(56)40-29-45(63)32-46(64)30-40/h1-8,11-18,21-34,53-54,67-68H,9-10,19-20H2/t53-,54-/m1/s1. The van der Waals surface area contributed by atoms with Crippen molar-refractivity contribution in [2.24, 2.45) is 9.98 Å². The predicted octanol–water partition coefficient (Wildman–Crippen LogP) is 17.8. The van der Waals surface area contributed by atoms with Crippen molar-refractivity contribution in [3.8, 4) is 56.0 Å². The van der Waals surface area contributed by atoms with Crippen molar-refractivity contribution >= 4 is 102 Å². The number of hydrogen-bond acceptors (Lipinski definition) is 4. The van der Waals surface area contributed by atoms with Crippen LogP contribution in [0.2, 0.25) is 20.1 Å². The zero-order chi connectivity index (χ0) is 46.5. The Hall–Kier alpha value is -6.66. The van der Waals surface area contributed by atoms with E-state index in [4.69, 9.17) is 56.4 Å². The van der Waals surface area contributed by atoms with Crippen LogP contribution in [0.15, 0.2) is 180 Å². The molecule has 0 amide bonds. The highest BCUT2D eigenvalue weighted by Gasteiger charge is 2.26. The molecule has 0 spiro atoms. The Bertz CT molecular complexity index is 3410. The van der Waals surface area contributed by atoms with Crippen LogP contribution in [0, 0.1) is 0 Å². The summed E-state index contributed by atoms with van der Waals surface area (Å²) in [7, 11) is 0. The molecule has 8 heteroatoms. The second-order valence-electron chi connectivity index (χ2n) is 17.5. The van der Waals surface area contributed by atoms with Gasteiger partial charge in [-0.3, -0.25) is 9.98 Å². The zero-order valence-electron chi connectivity index (χ0n) is 36.6. The Kier molecular flexibility index (Phi) is 11.9. The number of phenols is 2. The van der Waals surface area contributed by atoms with Gasteiger partial charge in [0.15, 0.2) is 0 Å². The lowest BCUT2D eigenvalue weighted by Gasteiger charge is -2.26. The van der Waals surface area contributed by atoms with Gasteiger partial charge in [0.05, 0.1) is 12.1 Å². The Balaban J connectivity index is 1.01. The fourth-order valence-electron chi connectivity index (χ4n) is 10.2. The number of aromatic hydroxyl groups is 2. The molecule has 0 aromatic heterocycles. The first-order chi connectivity index (χ1) is 33.2. The molecule has 2 atom stereocenters. The number of aliphatic imine (C=N–C) groups is 2. The molecule has 1 saturated carbocycles. The third-order valence-corrected chi connectivity index (χ3v) is 14.2. The van der Waals surface area contributed by atoms with Gasteiger partial charge in [-0.1, -0.05) is 181 Å². The first kappa shape index (κ1) is 43.9. The van der Waals surface area contributed by atoms with Crippen molar-refractivity contribution in [1.29, 1.82) is 0 Å². The summed E-state index contributed by atoms with van der Waals surface area (Å²) in [6, 6.07) is 55.8. The van der Waals surface area contributed by atoms with E-state index in [0.29, 0.717) is 42.3 Å². The molecule has 68 heavy (non-hydrogen) atoms. The molecule has 332 valence electrons. The van der Waals surface area contributed by atoms with Crippen LogP contribution < -0.4 is 0 Å². The Morgan fingerprint density at radius 2 is 0.721 bits per heavy atom. The SMILES string of the molecule is Oc1c(C=N[C@@H]2CCCC[C@H]2N=Cc2cc3ccccc3c(-c3c(-c4cc(Cl)cc(Cl)c4)ccc4ccccc34)c2O)cc2ccccc2c1-c1c(-c2cc(Cl)cc(Cl)c2)ccc2ccccc12. The zero-order valence-corrected chi connectivity index (χ0v) is 39.6. The minimum atomic E-state index is -0.157. The smallest absolute Gasteiger partial charge is 0.132 e. The molecule has 1 fully saturated rings. The molecule has 0 heterocycles. The van der Waals surface area contributed by atoms with E-state index in [1.165, 1.54) is 0 Å². The summed E-state index contributed by atoms with van der Waals surface area (Å²) in [6.07, 6.45) is 7.32. The number of halogens is 4. The van der Waals surface area contributed by atoms with Gasteiger partial charge in [0.25, 0.3) is 0 Å². The maximum absolute atomic E-state index is 12.5. The summed E-state index contributed by atoms with van der Waals surface area (Å²) >= 11 is 26.4. The first-order valence-electron chi connectivity index (χ1n) is 22.7. The van der Waals surface area contributed by atoms with Crippen molar-refractivity contribution < 1.29 is 10.2 Å². The van der Waals surface area contributed by atoms with Gasteiger partial charge in [0.1, 0.15) is 11.5 Å². The second kappa shape index (κ2) is 18.4. The molecule has 0 saturated heterocycles. The Morgan fingerprint density at radius 1 is 0.382 bits per heavy atom.